The van der Waals surface area contributed by atoms with Gasteiger partial charge >= 0.3 is 0 Å². The van der Waals surface area contributed by atoms with Crippen LogP contribution < -0.4 is 4.72 Å². The average Bonchev–Trinajstić information content (AvgIpc) is 3.42. The maximum absolute atomic E-state index is 13.8. The maximum Gasteiger partial charge on any atom is 0.256 e. The minimum absolute atomic E-state index is 0.196. The number of carbonyl (C=O) groups excluding carboxylic acids is 1. The number of hydrogen-bond donors (Lipinski definition) is 1. The zero-order valence-corrected chi connectivity index (χ0v) is 24.9. The molecule has 40 heavy (non-hydrogen) atoms. The zero-order valence-electron chi connectivity index (χ0n) is 24.1. The number of aliphatic imine (C=N–C) groups is 1. The number of unbranched alkanes of at least 4 members (excludes halogenated alkanes) is 1. The van der Waals surface area contributed by atoms with E-state index in [2.05, 4.69) is 53.2 Å². The van der Waals surface area contributed by atoms with E-state index in [0.717, 1.165) is 95.1 Å². The van der Waals surface area contributed by atoms with Crippen LogP contribution >= 0.6 is 11.9 Å². The molecule has 0 saturated heterocycles. The van der Waals surface area contributed by atoms with Crippen molar-refractivity contribution in [3.8, 4) is 11.1 Å². The molecule has 7 nitrogen and oxygen atoms in total. The van der Waals surface area contributed by atoms with E-state index >= 15 is 0 Å². The van der Waals surface area contributed by atoms with E-state index in [9.17, 15) is 4.79 Å². The average molecular weight is 561 g/mol. The van der Waals surface area contributed by atoms with Gasteiger partial charge in [-0.15, -0.1) is 0 Å². The molecule has 2 heterocycles. The molecule has 1 N–H and O–H groups in total. The van der Waals surface area contributed by atoms with Crippen molar-refractivity contribution in [3.63, 3.8) is 0 Å². The van der Waals surface area contributed by atoms with Gasteiger partial charge in [-0.2, -0.15) is 0 Å². The number of amidine groups is 1. The third-order valence-electron chi connectivity index (χ3n) is 8.13. The van der Waals surface area contributed by atoms with Gasteiger partial charge in [0, 0.05) is 24.0 Å². The van der Waals surface area contributed by atoms with Crippen LogP contribution in [0.15, 0.2) is 56.9 Å². The SMILES string of the molecule is CCCCC1=NC2(CCCCC2)C(=O)N1Cc1ccc(-c2ccccc2SNc2noc(C)c2C)c(COC)c1. The molecular formula is C32H40N4O3S. The Balaban J connectivity index is 1.41. The first kappa shape index (κ1) is 28.4. The second kappa shape index (κ2) is 12.6. The van der Waals surface area contributed by atoms with Crippen molar-refractivity contribution < 1.29 is 14.1 Å². The van der Waals surface area contributed by atoms with Gasteiger partial charge in [0.15, 0.2) is 5.82 Å². The Morgan fingerprint density at radius 1 is 1.10 bits per heavy atom. The lowest BCUT2D eigenvalue weighted by Crippen LogP contribution is -2.43. The lowest BCUT2D eigenvalue weighted by molar-refractivity contribution is -0.132. The fourth-order valence-electron chi connectivity index (χ4n) is 5.73. The summed E-state index contributed by atoms with van der Waals surface area (Å²) in [4.78, 5) is 21.9. The van der Waals surface area contributed by atoms with Gasteiger partial charge in [-0.3, -0.25) is 14.7 Å². The molecule has 1 fully saturated rings. The lowest BCUT2D eigenvalue weighted by atomic mass is 9.82. The Labute approximate surface area is 241 Å². The van der Waals surface area contributed by atoms with E-state index in [4.69, 9.17) is 14.3 Å². The van der Waals surface area contributed by atoms with Gasteiger partial charge in [-0.05, 0) is 73.4 Å². The standard InChI is InChI=1S/C32H40N4O3S/c1-5-6-14-29-33-32(17-10-7-11-18-32)31(37)36(29)20-24-15-16-26(25(19-24)21-38-4)27-12-8-9-13-28(27)40-35-30-22(2)23(3)39-34-30/h8-9,12-13,15-16,19H,5-7,10-11,14,17-18,20-21H2,1-4H3,(H,34,35). The quantitative estimate of drug-likeness (QED) is 0.241. The van der Waals surface area contributed by atoms with Crippen LogP contribution in [-0.4, -0.2) is 34.4 Å². The molecule has 0 unspecified atom stereocenters. The molecule has 3 aromatic rings. The number of anilines is 1. The van der Waals surface area contributed by atoms with Gasteiger partial charge in [0.2, 0.25) is 0 Å². The number of aromatic nitrogens is 1. The van der Waals surface area contributed by atoms with Gasteiger partial charge in [0.05, 0.1) is 13.2 Å². The topological polar surface area (TPSA) is 80.0 Å². The predicted molar refractivity (Wildman–Crippen MR) is 161 cm³/mol. The van der Waals surface area contributed by atoms with Gasteiger partial charge in [-0.25, -0.2) is 0 Å². The van der Waals surface area contributed by atoms with Crippen LogP contribution in [0.2, 0.25) is 0 Å². The first-order valence-corrected chi connectivity index (χ1v) is 15.2. The van der Waals surface area contributed by atoms with Gasteiger partial charge in [0.25, 0.3) is 5.91 Å². The molecule has 1 aliphatic carbocycles. The van der Waals surface area contributed by atoms with E-state index in [-0.39, 0.29) is 5.91 Å². The van der Waals surface area contributed by atoms with Crippen LogP contribution in [0, 0.1) is 13.8 Å². The summed E-state index contributed by atoms with van der Waals surface area (Å²) in [5.74, 6) is 2.71. The molecule has 212 valence electrons. The number of nitrogens with zero attached hydrogens (tertiary/aromatic N) is 3. The highest BCUT2D eigenvalue weighted by atomic mass is 32.2. The number of nitrogens with one attached hydrogen (secondary N) is 1. The summed E-state index contributed by atoms with van der Waals surface area (Å²) in [6.07, 6.45) is 8.10. The van der Waals surface area contributed by atoms with E-state index in [1.807, 2.05) is 24.8 Å². The zero-order chi connectivity index (χ0) is 28.1. The van der Waals surface area contributed by atoms with Crippen molar-refractivity contribution in [2.75, 3.05) is 11.8 Å². The second-order valence-corrected chi connectivity index (χ2v) is 11.8. The van der Waals surface area contributed by atoms with Crippen molar-refractivity contribution in [1.29, 1.82) is 0 Å². The largest absolute Gasteiger partial charge is 0.380 e. The molecule has 1 aromatic heterocycles. The van der Waals surface area contributed by atoms with Crippen LogP contribution in [0.4, 0.5) is 5.82 Å². The summed E-state index contributed by atoms with van der Waals surface area (Å²) in [5, 5.41) is 4.13. The van der Waals surface area contributed by atoms with Crippen molar-refractivity contribution >= 4 is 29.5 Å². The van der Waals surface area contributed by atoms with Crippen LogP contribution in [0.25, 0.3) is 11.1 Å². The number of amides is 1. The maximum atomic E-state index is 13.8. The lowest BCUT2D eigenvalue weighted by Gasteiger charge is -2.29. The fourth-order valence-corrected chi connectivity index (χ4v) is 6.57. The highest BCUT2D eigenvalue weighted by Crippen LogP contribution is 2.40. The Bertz CT molecular complexity index is 1380. The number of benzene rings is 2. The first-order chi connectivity index (χ1) is 19.5. The third-order valence-corrected chi connectivity index (χ3v) is 9.01. The predicted octanol–water partition coefficient (Wildman–Crippen LogP) is 7.86. The number of ether oxygens (including phenoxy) is 1. The summed E-state index contributed by atoms with van der Waals surface area (Å²) in [5.41, 5.74) is 4.88. The summed E-state index contributed by atoms with van der Waals surface area (Å²) in [6.45, 7) is 7.12. The fraction of sp³-hybridized carbons (Fsp3) is 0.469. The van der Waals surface area contributed by atoms with E-state index in [0.29, 0.717) is 13.2 Å². The van der Waals surface area contributed by atoms with E-state index in [1.165, 1.54) is 18.4 Å². The van der Waals surface area contributed by atoms with Crippen molar-refractivity contribution in [1.82, 2.24) is 10.1 Å². The summed E-state index contributed by atoms with van der Waals surface area (Å²) >= 11 is 1.52. The molecule has 1 saturated carbocycles. The molecule has 1 spiro atoms. The highest BCUT2D eigenvalue weighted by Gasteiger charge is 2.48. The molecule has 1 aliphatic heterocycles. The molecule has 0 radical (unpaired) electrons. The Kier molecular flexibility index (Phi) is 8.96. The van der Waals surface area contributed by atoms with Crippen LogP contribution in [0.1, 0.15) is 80.7 Å². The van der Waals surface area contributed by atoms with Gasteiger partial charge < -0.3 is 14.0 Å². The number of carbonyl (C=O) groups is 1. The van der Waals surface area contributed by atoms with Crippen LogP contribution in [0.3, 0.4) is 0 Å². The molecule has 0 atom stereocenters. The first-order valence-electron chi connectivity index (χ1n) is 14.4. The molecule has 0 bridgehead atoms. The Hall–Kier alpha value is -3.10. The van der Waals surface area contributed by atoms with Gasteiger partial charge in [-0.1, -0.05) is 74.2 Å². The number of rotatable bonds is 11. The summed E-state index contributed by atoms with van der Waals surface area (Å²) < 4.78 is 14.3. The highest BCUT2D eigenvalue weighted by molar-refractivity contribution is 8.00. The minimum Gasteiger partial charge on any atom is -0.380 e. The molecule has 5 rings (SSSR count). The van der Waals surface area contributed by atoms with Crippen molar-refractivity contribution in [2.45, 2.75) is 95.7 Å². The minimum atomic E-state index is -0.527. The normalized spacial score (nSPS) is 16.6. The van der Waals surface area contributed by atoms with E-state index in [1.54, 1.807) is 7.11 Å². The third kappa shape index (κ3) is 5.84. The summed E-state index contributed by atoms with van der Waals surface area (Å²) in [6, 6.07) is 14.8. The van der Waals surface area contributed by atoms with Crippen molar-refractivity contribution in [2.24, 2.45) is 4.99 Å². The Morgan fingerprint density at radius 3 is 2.62 bits per heavy atom. The molecule has 8 heteroatoms. The molecule has 2 aliphatic rings. The van der Waals surface area contributed by atoms with E-state index < -0.39 is 5.54 Å². The van der Waals surface area contributed by atoms with Crippen LogP contribution in [0.5, 0.6) is 0 Å². The van der Waals surface area contributed by atoms with Gasteiger partial charge in [0.1, 0.15) is 17.1 Å². The molecular weight excluding hydrogens is 520 g/mol. The number of hydrogen-bond acceptors (Lipinski definition) is 7. The number of aryl methyl sites for hydroxylation is 1. The van der Waals surface area contributed by atoms with Crippen LogP contribution in [-0.2, 0) is 22.7 Å². The molecule has 2 aromatic carbocycles. The van der Waals surface area contributed by atoms with Crippen molar-refractivity contribution in [3.05, 3.63) is 64.9 Å². The summed E-state index contributed by atoms with van der Waals surface area (Å²) in [7, 11) is 1.72. The number of methoxy groups -OCH3 is 1. The Morgan fingerprint density at radius 2 is 1.90 bits per heavy atom. The molecule has 1 amide bonds. The second-order valence-electron chi connectivity index (χ2n) is 11.0. The monoisotopic (exact) mass is 560 g/mol. The smallest absolute Gasteiger partial charge is 0.256 e.